The largest absolute Gasteiger partial charge is 0.393 e. The number of nitrogens with one attached hydrogen (secondary N) is 1. The van der Waals surface area contributed by atoms with E-state index in [-0.39, 0.29) is 6.10 Å². The van der Waals surface area contributed by atoms with E-state index in [1.54, 1.807) is 5.56 Å². The van der Waals surface area contributed by atoms with E-state index in [1.807, 2.05) is 6.92 Å². The molecule has 0 spiro atoms. The number of aliphatic hydroxyl groups excluding tert-OH is 1. The predicted molar refractivity (Wildman–Crippen MR) is 80.4 cm³/mol. The van der Waals surface area contributed by atoms with Gasteiger partial charge < -0.3 is 10.4 Å². The molecule has 0 fully saturated rings. The molecule has 0 aliphatic heterocycles. The van der Waals surface area contributed by atoms with E-state index in [0.717, 1.165) is 13.0 Å². The first-order valence-corrected chi connectivity index (χ1v) is 7.50. The Morgan fingerprint density at radius 2 is 2.11 bits per heavy atom. The van der Waals surface area contributed by atoms with Crippen molar-refractivity contribution in [1.82, 2.24) is 5.32 Å². The molecule has 4 unspecified atom stereocenters. The van der Waals surface area contributed by atoms with E-state index < -0.39 is 0 Å². The quantitative estimate of drug-likeness (QED) is 0.849. The number of hydrogen-bond acceptors (Lipinski definition) is 2. The number of benzene rings is 1. The Bertz CT molecular complexity index is 427. The zero-order chi connectivity index (χ0) is 14.0. The maximum absolute atomic E-state index is 9.42. The Labute approximate surface area is 117 Å². The molecule has 106 valence electrons. The first-order valence-electron chi connectivity index (χ1n) is 7.50. The van der Waals surface area contributed by atoms with Gasteiger partial charge in [0.15, 0.2) is 0 Å². The maximum atomic E-state index is 9.42. The van der Waals surface area contributed by atoms with E-state index in [4.69, 9.17) is 0 Å². The summed E-state index contributed by atoms with van der Waals surface area (Å²) >= 11 is 0. The van der Waals surface area contributed by atoms with Crippen molar-refractivity contribution < 1.29 is 5.11 Å². The van der Waals surface area contributed by atoms with Crippen LogP contribution in [-0.2, 0) is 0 Å². The van der Waals surface area contributed by atoms with Gasteiger partial charge in [-0.25, -0.2) is 0 Å². The molecule has 1 aliphatic rings. The van der Waals surface area contributed by atoms with Crippen molar-refractivity contribution in [2.24, 2.45) is 5.92 Å². The monoisotopic (exact) mass is 261 g/mol. The summed E-state index contributed by atoms with van der Waals surface area (Å²) in [6.45, 7) is 9.60. The van der Waals surface area contributed by atoms with Crippen molar-refractivity contribution in [3.05, 3.63) is 34.9 Å². The highest BCUT2D eigenvalue weighted by Gasteiger charge is 2.28. The number of hydrogen-bond donors (Lipinski definition) is 2. The number of aryl methyl sites for hydroxylation is 1. The molecule has 0 saturated heterocycles. The standard InChI is InChI=1S/C17H27NO/c1-11(8-14(4)19)10-18-16-9-13(3)17-12(2)6-5-7-15(16)17/h5-7,11,13-14,16,18-19H,8-10H2,1-4H3. The molecule has 0 heterocycles. The van der Waals surface area contributed by atoms with Crippen LogP contribution in [0.1, 0.15) is 62.3 Å². The van der Waals surface area contributed by atoms with Gasteiger partial charge in [0, 0.05) is 6.04 Å². The number of rotatable bonds is 5. The van der Waals surface area contributed by atoms with Gasteiger partial charge in [-0.1, -0.05) is 32.0 Å². The second kappa shape index (κ2) is 6.06. The molecule has 0 saturated carbocycles. The maximum Gasteiger partial charge on any atom is 0.0515 e. The second-order valence-corrected chi connectivity index (χ2v) is 6.37. The van der Waals surface area contributed by atoms with Crippen LogP contribution >= 0.6 is 0 Å². The Morgan fingerprint density at radius 1 is 1.37 bits per heavy atom. The van der Waals surface area contributed by atoms with E-state index in [1.165, 1.54) is 17.5 Å². The average molecular weight is 261 g/mol. The van der Waals surface area contributed by atoms with Gasteiger partial charge >= 0.3 is 0 Å². The van der Waals surface area contributed by atoms with Crippen LogP contribution in [0.5, 0.6) is 0 Å². The lowest BCUT2D eigenvalue weighted by molar-refractivity contribution is 0.162. The van der Waals surface area contributed by atoms with Crippen LogP contribution in [0.25, 0.3) is 0 Å². The second-order valence-electron chi connectivity index (χ2n) is 6.37. The van der Waals surface area contributed by atoms with E-state index in [9.17, 15) is 5.11 Å². The molecule has 2 heteroatoms. The van der Waals surface area contributed by atoms with Crippen molar-refractivity contribution in [3.8, 4) is 0 Å². The SMILES string of the molecule is Cc1cccc2c1C(C)CC2NCC(C)CC(C)O. The minimum absolute atomic E-state index is 0.200. The van der Waals surface area contributed by atoms with Crippen LogP contribution < -0.4 is 5.32 Å². The molecule has 2 nitrogen and oxygen atoms in total. The summed E-state index contributed by atoms with van der Waals surface area (Å²) in [4.78, 5) is 0. The molecule has 0 bridgehead atoms. The average Bonchev–Trinajstić information content (AvgIpc) is 2.64. The van der Waals surface area contributed by atoms with Crippen molar-refractivity contribution >= 4 is 0 Å². The molecule has 1 aromatic rings. The summed E-state index contributed by atoms with van der Waals surface area (Å²) in [7, 11) is 0. The molecule has 0 radical (unpaired) electrons. The lowest BCUT2D eigenvalue weighted by Gasteiger charge is -2.19. The minimum Gasteiger partial charge on any atom is -0.393 e. The topological polar surface area (TPSA) is 32.3 Å². The fourth-order valence-electron chi connectivity index (χ4n) is 3.48. The molecule has 0 aromatic heterocycles. The molecule has 4 atom stereocenters. The Morgan fingerprint density at radius 3 is 2.79 bits per heavy atom. The van der Waals surface area contributed by atoms with Crippen molar-refractivity contribution in [2.45, 2.75) is 58.6 Å². The third kappa shape index (κ3) is 3.37. The summed E-state index contributed by atoms with van der Waals surface area (Å²) in [6, 6.07) is 7.14. The van der Waals surface area contributed by atoms with Crippen molar-refractivity contribution in [2.75, 3.05) is 6.54 Å². The third-order valence-electron chi connectivity index (χ3n) is 4.27. The van der Waals surface area contributed by atoms with Crippen LogP contribution in [0.3, 0.4) is 0 Å². The first kappa shape index (κ1) is 14.5. The summed E-state index contributed by atoms with van der Waals surface area (Å²) in [6.07, 6.45) is 1.87. The Hall–Kier alpha value is -0.860. The van der Waals surface area contributed by atoms with Gasteiger partial charge in [0.1, 0.15) is 0 Å². The van der Waals surface area contributed by atoms with Crippen molar-refractivity contribution in [3.63, 3.8) is 0 Å². The van der Waals surface area contributed by atoms with Crippen LogP contribution in [-0.4, -0.2) is 17.8 Å². The molecular formula is C17H27NO. The van der Waals surface area contributed by atoms with Crippen LogP contribution in [0.15, 0.2) is 18.2 Å². The van der Waals surface area contributed by atoms with Gasteiger partial charge in [-0.2, -0.15) is 0 Å². The lowest BCUT2D eigenvalue weighted by atomic mass is 9.98. The summed E-state index contributed by atoms with van der Waals surface area (Å²) in [5.74, 6) is 1.17. The van der Waals surface area contributed by atoms with E-state index in [0.29, 0.717) is 17.9 Å². The van der Waals surface area contributed by atoms with Crippen LogP contribution in [0, 0.1) is 12.8 Å². The molecule has 19 heavy (non-hydrogen) atoms. The molecule has 0 amide bonds. The molecule has 2 rings (SSSR count). The molecule has 2 N–H and O–H groups in total. The summed E-state index contributed by atoms with van der Waals surface area (Å²) in [5, 5.41) is 13.1. The van der Waals surface area contributed by atoms with Gasteiger partial charge in [-0.15, -0.1) is 0 Å². The zero-order valence-electron chi connectivity index (χ0n) is 12.6. The van der Waals surface area contributed by atoms with E-state index >= 15 is 0 Å². The highest BCUT2D eigenvalue weighted by atomic mass is 16.3. The fraction of sp³-hybridized carbons (Fsp3) is 0.647. The lowest BCUT2D eigenvalue weighted by Crippen LogP contribution is -2.26. The highest BCUT2D eigenvalue weighted by molar-refractivity contribution is 5.43. The van der Waals surface area contributed by atoms with E-state index in [2.05, 4.69) is 44.3 Å². The van der Waals surface area contributed by atoms with Gasteiger partial charge in [0.2, 0.25) is 0 Å². The number of aliphatic hydroxyl groups is 1. The smallest absolute Gasteiger partial charge is 0.0515 e. The Balaban J connectivity index is 1.99. The number of fused-ring (bicyclic) bond motifs is 1. The Kier molecular flexibility index (Phi) is 4.64. The highest BCUT2D eigenvalue weighted by Crippen LogP contribution is 2.41. The van der Waals surface area contributed by atoms with Gasteiger partial charge in [-0.3, -0.25) is 0 Å². The minimum atomic E-state index is -0.200. The fourth-order valence-corrected chi connectivity index (χ4v) is 3.48. The zero-order valence-corrected chi connectivity index (χ0v) is 12.6. The van der Waals surface area contributed by atoms with Crippen molar-refractivity contribution in [1.29, 1.82) is 0 Å². The van der Waals surface area contributed by atoms with Gasteiger partial charge in [0.05, 0.1) is 6.10 Å². The molecule has 1 aliphatic carbocycles. The molecule has 1 aromatic carbocycles. The predicted octanol–water partition coefficient (Wildman–Crippen LogP) is 3.54. The van der Waals surface area contributed by atoms with Crippen LogP contribution in [0.4, 0.5) is 0 Å². The van der Waals surface area contributed by atoms with Gasteiger partial charge in [0.25, 0.3) is 0 Å². The third-order valence-corrected chi connectivity index (χ3v) is 4.27. The van der Waals surface area contributed by atoms with Crippen LogP contribution in [0.2, 0.25) is 0 Å². The van der Waals surface area contributed by atoms with Gasteiger partial charge in [-0.05, 0) is 61.8 Å². The summed E-state index contributed by atoms with van der Waals surface area (Å²) in [5.41, 5.74) is 4.45. The summed E-state index contributed by atoms with van der Waals surface area (Å²) < 4.78 is 0. The molecular weight excluding hydrogens is 234 g/mol. The first-order chi connectivity index (χ1) is 8.99. The normalized spacial score (nSPS) is 25.1.